The molecule has 0 rings (SSSR count). The minimum atomic E-state index is -0.728. The molecule has 0 fully saturated rings. The van der Waals surface area contributed by atoms with Crippen molar-refractivity contribution in [2.24, 2.45) is 22.0 Å². The van der Waals surface area contributed by atoms with E-state index in [9.17, 15) is 4.79 Å². The van der Waals surface area contributed by atoms with E-state index < -0.39 is 11.3 Å². The van der Waals surface area contributed by atoms with Gasteiger partial charge in [-0.1, -0.05) is 5.16 Å². The van der Waals surface area contributed by atoms with Gasteiger partial charge in [-0.15, -0.1) is 0 Å². The summed E-state index contributed by atoms with van der Waals surface area (Å²) in [6, 6.07) is 3.99. The molecule has 0 heterocycles. The van der Waals surface area contributed by atoms with E-state index in [2.05, 4.69) is 5.16 Å². The van der Waals surface area contributed by atoms with E-state index in [4.69, 9.17) is 46.1 Å². The zero-order chi connectivity index (χ0) is 21.1. The third-order valence-corrected chi connectivity index (χ3v) is 3.47. The predicted octanol–water partition coefficient (Wildman–Crippen LogP) is -0.122. The fourth-order valence-corrected chi connectivity index (χ4v) is 2.04. The second kappa shape index (κ2) is 16.7. The van der Waals surface area contributed by atoms with Crippen molar-refractivity contribution in [3.8, 4) is 12.1 Å². The van der Waals surface area contributed by atoms with Gasteiger partial charge in [0.05, 0.1) is 83.3 Å². The lowest BCUT2D eigenvalue weighted by Gasteiger charge is -2.33. The summed E-state index contributed by atoms with van der Waals surface area (Å²) in [5, 5.41) is 28.7. The summed E-state index contributed by atoms with van der Waals surface area (Å²) in [6.07, 6.45) is 0.779. The molecule has 0 saturated carbocycles. The van der Waals surface area contributed by atoms with E-state index in [1.165, 1.54) is 0 Å². The third kappa shape index (κ3) is 13.7. The monoisotopic (exact) mass is 399 g/mol. The number of hydrogen-bond donors (Lipinski definition) is 3. The first-order valence-electron chi connectivity index (χ1n) is 8.79. The molecule has 5 N–H and O–H groups in total. The highest BCUT2D eigenvalue weighted by Gasteiger charge is 2.32. The molecule has 11 nitrogen and oxygen atoms in total. The van der Waals surface area contributed by atoms with Crippen LogP contribution in [0.25, 0.3) is 0 Å². The highest BCUT2D eigenvalue weighted by atomic mass is 16.5. The Bertz CT molecular complexity index is 521. The number of nitrogens with zero attached hydrogens (tertiary/aromatic N) is 3. The summed E-state index contributed by atoms with van der Waals surface area (Å²) >= 11 is 0. The SMILES string of the molecule is N#CCCOCC(COCCC#N)(COCCC(N)=O)COCC/C(N)=N/O. The number of carbonyl (C=O) groups excluding carboxylic acids is 1. The first-order chi connectivity index (χ1) is 13.5. The third-order valence-electron chi connectivity index (χ3n) is 3.47. The minimum Gasteiger partial charge on any atom is -0.409 e. The van der Waals surface area contributed by atoms with Gasteiger partial charge in [-0.2, -0.15) is 10.5 Å². The molecule has 158 valence electrons. The lowest BCUT2D eigenvalue weighted by molar-refractivity contribution is -0.122. The van der Waals surface area contributed by atoms with Gasteiger partial charge in [0.25, 0.3) is 0 Å². The number of nitriles is 2. The van der Waals surface area contributed by atoms with Gasteiger partial charge in [0.15, 0.2) is 0 Å². The Kier molecular flexibility index (Phi) is 15.3. The number of hydrogen-bond acceptors (Lipinski definition) is 9. The Balaban J connectivity index is 4.89. The summed E-state index contributed by atoms with van der Waals surface area (Å²) in [7, 11) is 0. The van der Waals surface area contributed by atoms with Crippen molar-refractivity contribution in [2.45, 2.75) is 25.7 Å². The second-order valence-corrected chi connectivity index (χ2v) is 6.08. The van der Waals surface area contributed by atoms with Gasteiger partial charge in [-0.05, 0) is 0 Å². The number of oxime groups is 1. The molecule has 0 saturated heterocycles. The molecule has 0 aromatic rings. The minimum absolute atomic E-state index is 0.0406. The molecular weight excluding hydrogens is 370 g/mol. The van der Waals surface area contributed by atoms with Crippen molar-refractivity contribution in [2.75, 3.05) is 52.9 Å². The van der Waals surface area contributed by atoms with Crippen LogP contribution in [0.5, 0.6) is 0 Å². The average molecular weight is 399 g/mol. The fraction of sp³-hybridized carbons (Fsp3) is 0.765. The van der Waals surface area contributed by atoms with Gasteiger partial charge in [-0.25, -0.2) is 0 Å². The Morgan fingerprint density at radius 2 is 1.29 bits per heavy atom. The lowest BCUT2D eigenvalue weighted by atomic mass is 9.92. The van der Waals surface area contributed by atoms with Gasteiger partial charge in [0.1, 0.15) is 5.84 Å². The van der Waals surface area contributed by atoms with Crippen LogP contribution in [0.15, 0.2) is 5.16 Å². The molecule has 0 aromatic carbocycles. The number of carbonyl (C=O) groups is 1. The number of amides is 1. The van der Waals surface area contributed by atoms with E-state index in [0.29, 0.717) is 0 Å². The molecule has 0 aromatic heterocycles. The highest BCUT2D eigenvalue weighted by Crippen LogP contribution is 2.21. The van der Waals surface area contributed by atoms with Crippen LogP contribution >= 0.6 is 0 Å². The summed E-state index contributed by atoms with van der Waals surface area (Å²) in [5.41, 5.74) is 9.80. The molecule has 0 spiro atoms. The summed E-state index contributed by atoms with van der Waals surface area (Å²) < 4.78 is 22.3. The van der Waals surface area contributed by atoms with E-state index in [0.717, 1.165) is 0 Å². The second-order valence-electron chi connectivity index (χ2n) is 6.08. The molecule has 28 heavy (non-hydrogen) atoms. The smallest absolute Gasteiger partial charge is 0.219 e. The van der Waals surface area contributed by atoms with E-state index in [-0.39, 0.29) is 84.4 Å². The number of rotatable bonds is 18. The first kappa shape index (κ1) is 25.6. The van der Waals surface area contributed by atoms with Crippen LogP contribution in [-0.4, -0.2) is 69.8 Å². The van der Waals surface area contributed by atoms with Gasteiger partial charge < -0.3 is 35.6 Å². The molecule has 0 aliphatic carbocycles. The van der Waals surface area contributed by atoms with Gasteiger partial charge >= 0.3 is 0 Å². The average Bonchev–Trinajstić information content (AvgIpc) is 2.68. The highest BCUT2D eigenvalue weighted by molar-refractivity contribution is 5.79. The van der Waals surface area contributed by atoms with Crippen molar-refractivity contribution < 1.29 is 28.9 Å². The van der Waals surface area contributed by atoms with E-state index >= 15 is 0 Å². The fourth-order valence-electron chi connectivity index (χ4n) is 2.04. The van der Waals surface area contributed by atoms with Crippen molar-refractivity contribution in [3.05, 3.63) is 0 Å². The molecule has 0 aliphatic heterocycles. The molecule has 0 bridgehead atoms. The van der Waals surface area contributed by atoms with E-state index in [1.54, 1.807) is 0 Å². The maximum Gasteiger partial charge on any atom is 0.219 e. The van der Waals surface area contributed by atoms with Crippen molar-refractivity contribution in [3.63, 3.8) is 0 Å². The van der Waals surface area contributed by atoms with Gasteiger partial charge in [-0.3, -0.25) is 4.79 Å². The largest absolute Gasteiger partial charge is 0.409 e. The Morgan fingerprint density at radius 3 is 1.68 bits per heavy atom. The summed E-state index contributed by atoms with van der Waals surface area (Å²) in [5.74, 6) is -0.435. The van der Waals surface area contributed by atoms with Crippen LogP contribution in [0.4, 0.5) is 0 Å². The normalized spacial score (nSPS) is 11.7. The van der Waals surface area contributed by atoms with Gasteiger partial charge in [0, 0.05) is 12.8 Å². The number of ether oxygens (including phenoxy) is 4. The molecule has 0 unspecified atom stereocenters. The van der Waals surface area contributed by atoms with Crippen LogP contribution in [-0.2, 0) is 23.7 Å². The first-order valence-corrected chi connectivity index (χ1v) is 8.79. The maximum absolute atomic E-state index is 10.9. The van der Waals surface area contributed by atoms with Crippen LogP contribution in [0.1, 0.15) is 25.7 Å². The van der Waals surface area contributed by atoms with Crippen molar-refractivity contribution in [1.29, 1.82) is 10.5 Å². The molecule has 0 atom stereocenters. The standard InChI is InChI=1S/C17H29N5O6/c18-5-1-7-25-11-17(12-26-8-2-6-19,14-28-10-4-16(21)23)13-27-9-3-15(20)22-24/h24H,1-4,7-14H2,(H2,20,22)(H2,21,23). The number of primary amides is 1. The Morgan fingerprint density at radius 1 is 0.857 bits per heavy atom. The Hall–Kier alpha value is -2.44. The molecule has 1 amide bonds. The van der Waals surface area contributed by atoms with Crippen molar-refractivity contribution in [1.82, 2.24) is 0 Å². The summed E-state index contributed by atoms with van der Waals surface area (Å²) in [6.45, 7) is 1.50. The topological polar surface area (TPSA) is 186 Å². The van der Waals surface area contributed by atoms with E-state index in [1.807, 2.05) is 12.1 Å². The van der Waals surface area contributed by atoms with Gasteiger partial charge in [0.2, 0.25) is 5.91 Å². The number of nitrogens with two attached hydrogens (primary N) is 2. The predicted molar refractivity (Wildman–Crippen MR) is 98.0 cm³/mol. The van der Waals surface area contributed by atoms with Crippen LogP contribution < -0.4 is 11.5 Å². The molecular formula is C17H29N5O6. The Labute approximate surface area is 164 Å². The maximum atomic E-state index is 10.9. The van der Waals surface area contributed by atoms with Crippen LogP contribution in [0, 0.1) is 28.1 Å². The molecule has 0 radical (unpaired) electrons. The quantitative estimate of drug-likeness (QED) is 0.0928. The zero-order valence-corrected chi connectivity index (χ0v) is 16.0. The lowest BCUT2D eigenvalue weighted by Crippen LogP contribution is -2.42. The van der Waals surface area contributed by atoms with Crippen molar-refractivity contribution >= 4 is 11.7 Å². The van der Waals surface area contributed by atoms with Crippen LogP contribution in [0.2, 0.25) is 0 Å². The molecule has 11 heteroatoms. The zero-order valence-electron chi connectivity index (χ0n) is 16.0. The van der Waals surface area contributed by atoms with Crippen LogP contribution in [0.3, 0.4) is 0 Å². The number of amidine groups is 1. The molecule has 0 aliphatic rings. The summed E-state index contributed by atoms with van der Waals surface area (Å²) in [4.78, 5) is 10.9.